The van der Waals surface area contributed by atoms with E-state index in [2.05, 4.69) is 48.2 Å². The summed E-state index contributed by atoms with van der Waals surface area (Å²) >= 11 is 0. The molecule has 0 saturated carbocycles. The number of fused-ring (bicyclic) bond motifs is 5. The number of nitrogens with zero attached hydrogens (tertiary/aromatic N) is 2. The molecule has 0 unspecified atom stereocenters. The number of benzene rings is 4. The molecule has 4 aromatic rings. The Labute approximate surface area is 270 Å². The van der Waals surface area contributed by atoms with Crippen LogP contribution in [0, 0.1) is 0 Å². The summed E-state index contributed by atoms with van der Waals surface area (Å²) in [5.74, 6) is 3.86. The SMILES string of the molecule is COc1cc2c3cc1Oc1cc(ccc1O)CC[C@@H]1c4cc(c(OC)cc4CCN1C)Oc1cc(O)ccc1CC[C@@H]3N(C)CC2. The minimum atomic E-state index is 0.0944. The fraction of sp³-hybridized carbons (Fsp3) is 0.368. The van der Waals surface area contributed by atoms with Gasteiger partial charge in [-0.1, -0.05) is 12.1 Å². The van der Waals surface area contributed by atoms with Gasteiger partial charge in [-0.2, -0.15) is 0 Å². The van der Waals surface area contributed by atoms with Crippen LogP contribution in [0.25, 0.3) is 0 Å². The molecule has 2 N–H and O–H groups in total. The van der Waals surface area contributed by atoms with Crippen LogP contribution in [0.2, 0.25) is 0 Å². The molecular formula is C38H42N2O6. The minimum Gasteiger partial charge on any atom is -0.508 e. The van der Waals surface area contributed by atoms with Crippen LogP contribution in [0.15, 0.2) is 60.7 Å². The molecule has 8 nitrogen and oxygen atoms in total. The quantitative estimate of drug-likeness (QED) is 0.240. The van der Waals surface area contributed by atoms with Gasteiger partial charge in [-0.3, -0.25) is 9.80 Å². The van der Waals surface area contributed by atoms with Crippen molar-refractivity contribution in [3.05, 3.63) is 94.0 Å². The van der Waals surface area contributed by atoms with Crippen molar-refractivity contribution in [1.82, 2.24) is 9.80 Å². The van der Waals surface area contributed by atoms with Gasteiger partial charge in [-0.25, -0.2) is 0 Å². The van der Waals surface area contributed by atoms with Crippen molar-refractivity contribution in [2.75, 3.05) is 41.4 Å². The fourth-order valence-electron chi connectivity index (χ4n) is 7.37. The number of hydrogen-bond donors (Lipinski definition) is 2. The number of aromatic hydroxyl groups is 2. The van der Waals surface area contributed by atoms with E-state index >= 15 is 0 Å². The molecule has 2 atom stereocenters. The van der Waals surface area contributed by atoms with Gasteiger partial charge >= 0.3 is 0 Å². The molecule has 4 aromatic carbocycles. The average Bonchev–Trinajstić information content (AvgIpc) is 3.05. The molecule has 3 aliphatic rings. The first kappa shape index (κ1) is 30.3. The Kier molecular flexibility index (Phi) is 8.17. The summed E-state index contributed by atoms with van der Waals surface area (Å²) in [4.78, 5) is 4.77. The van der Waals surface area contributed by atoms with Gasteiger partial charge in [0.2, 0.25) is 0 Å². The van der Waals surface area contributed by atoms with E-state index in [0.29, 0.717) is 34.5 Å². The Hall–Kier alpha value is -4.40. The van der Waals surface area contributed by atoms with Gasteiger partial charge in [0, 0.05) is 31.2 Å². The zero-order valence-electron chi connectivity index (χ0n) is 27.0. The molecule has 0 aliphatic carbocycles. The first-order valence-electron chi connectivity index (χ1n) is 16.1. The Morgan fingerprint density at radius 2 is 1.20 bits per heavy atom. The molecule has 8 heteroatoms. The third-order valence-corrected chi connectivity index (χ3v) is 10.0. The molecule has 0 radical (unpaired) electrons. The van der Waals surface area contributed by atoms with E-state index in [1.807, 2.05) is 18.2 Å². The highest BCUT2D eigenvalue weighted by molar-refractivity contribution is 5.55. The maximum absolute atomic E-state index is 10.9. The standard InChI is InChI=1S/C38H42N2O6/c1-39-15-13-25-18-35(43-3)37-21-28(25)30(39)10-5-23-6-12-32(42)34(17-23)46-38-22-29-26(19-36(38)44-4)14-16-40(2)31(29)11-8-24-7-9-27(41)20-33(24)45-37/h6-7,9,12,17-22,30-31,41-42H,5,8,10-11,13-16H2,1-4H3/t30-,31+/m1/s1. The van der Waals surface area contributed by atoms with Crippen LogP contribution in [0.3, 0.4) is 0 Å². The molecular weight excluding hydrogens is 580 g/mol. The number of methoxy groups -OCH3 is 2. The number of aryl methyl sites for hydroxylation is 2. The lowest BCUT2D eigenvalue weighted by molar-refractivity contribution is 0.218. The van der Waals surface area contributed by atoms with Gasteiger partial charge in [0.25, 0.3) is 0 Å². The molecule has 240 valence electrons. The Balaban J connectivity index is 1.37. The van der Waals surface area contributed by atoms with Crippen LogP contribution >= 0.6 is 0 Å². The highest BCUT2D eigenvalue weighted by atomic mass is 16.5. The molecule has 7 rings (SSSR count). The molecule has 6 bridgehead atoms. The second kappa shape index (κ2) is 12.4. The maximum Gasteiger partial charge on any atom is 0.169 e. The van der Waals surface area contributed by atoms with E-state index in [4.69, 9.17) is 18.9 Å². The van der Waals surface area contributed by atoms with E-state index in [-0.39, 0.29) is 23.6 Å². The van der Waals surface area contributed by atoms with Crippen molar-refractivity contribution in [2.45, 2.75) is 50.6 Å². The summed E-state index contributed by atoms with van der Waals surface area (Å²) in [6.45, 7) is 1.86. The maximum atomic E-state index is 10.9. The molecule has 0 saturated heterocycles. The van der Waals surface area contributed by atoms with Crippen LogP contribution in [0.5, 0.6) is 46.0 Å². The monoisotopic (exact) mass is 622 g/mol. The lowest BCUT2D eigenvalue weighted by Crippen LogP contribution is -2.32. The number of phenolic OH excluding ortho intramolecular Hbond substituents is 2. The molecule has 0 spiro atoms. The molecule has 0 fully saturated rings. The van der Waals surface area contributed by atoms with Crippen LogP contribution in [0.1, 0.15) is 58.3 Å². The normalized spacial score (nSPS) is 19.8. The van der Waals surface area contributed by atoms with Gasteiger partial charge in [0.05, 0.1) is 14.2 Å². The van der Waals surface area contributed by atoms with Gasteiger partial charge in [0.15, 0.2) is 34.5 Å². The van der Waals surface area contributed by atoms with E-state index in [9.17, 15) is 10.2 Å². The van der Waals surface area contributed by atoms with E-state index in [1.165, 1.54) is 22.3 Å². The second-order valence-corrected chi connectivity index (χ2v) is 12.8. The third-order valence-electron chi connectivity index (χ3n) is 10.0. The summed E-state index contributed by atoms with van der Waals surface area (Å²) in [5.41, 5.74) is 6.98. The summed E-state index contributed by atoms with van der Waals surface area (Å²) < 4.78 is 24.7. The first-order valence-corrected chi connectivity index (χ1v) is 16.1. The lowest BCUT2D eigenvalue weighted by Gasteiger charge is -2.35. The second-order valence-electron chi connectivity index (χ2n) is 12.8. The fourth-order valence-corrected chi connectivity index (χ4v) is 7.37. The van der Waals surface area contributed by atoms with Crippen molar-refractivity contribution < 1.29 is 29.2 Å². The highest BCUT2D eigenvalue weighted by Crippen LogP contribution is 2.45. The zero-order valence-corrected chi connectivity index (χ0v) is 27.0. The number of hydrogen-bond acceptors (Lipinski definition) is 8. The number of rotatable bonds is 2. The molecule has 0 aromatic heterocycles. The van der Waals surface area contributed by atoms with Gasteiger partial charge in [-0.05, 0) is 128 Å². The molecule has 0 amide bonds. The van der Waals surface area contributed by atoms with Crippen LogP contribution in [-0.4, -0.2) is 61.4 Å². The first-order chi connectivity index (χ1) is 22.3. The van der Waals surface area contributed by atoms with E-state index < -0.39 is 0 Å². The van der Waals surface area contributed by atoms with Gasteiger partial charge in [-0.15, -0.1) is 0 Å². The van der Waals surface area contributed by atoms with Crippen molar-refractivity contribution >= 4 is 0 Å². The summed E-state index contributed by atoms with van der Waals surface area (Å²) in [6.07, 6.45) is 5.04. The van der Waals surface area contributed by atoms with E-state index in [0.717, 1.165) is 62.7 Å². The number of ether oxygens (including phenoxy) is 4. The zero-order chi connectivity index (χ0) is 31.9. The number of phenols is 2. The van der Waals surface area contributed by atoms with Crippen LogP contribution in [-0.2, 0) is 25.7 Å². The summed E-state index contributed by atoms with van der Waals surface area (Å²) in [7, 11) is 7.66. The van der Waals surface area contributed by atoms with Crippen molar-refractivity contribution in [2.24, 2.45) is 0 Å². The summed E-state index contributed by atoms with van der Waals surface area (Å²) in [6, 6.07) is 19.7. The highest BCUT2D eigenvalue weighted by Gasteiger charge is 2.30. The van der Waals surface area contributed by atoms with Crippen molar-refractivity contribution in [1.29, 1.82) is 0 Å². The largest absolute Gasteiger partial charge is 0.508 e. The molecule has 3 heterocycles. The summed E-state index contributed by atoms with van der Waals surface area (Å²) in [5, 5.41) is 21.4. The Morgan fingerprint density at radius 3 is 1.80 bits per heavy atom. The predicted molar refractivity (Wildman–Crippen MR) is 177 cm³/mol. The lowest BCUT2D eigenvalue weighted by atomic mass is 9.88. The predicted octanol–water partition coefficient (Wildman–Crippen LogP) is 7.34. The van der Waals surface area contributed by atoms with Crippen molar-refractivity contribution in [3.8, 4) is 46.0 Å². The van der Waals surface area contributed by atoms with E-state index in [1.54, 1.807) is 32.4 Å². The molecule has 3 aliphatic heterocycles. The molecule has 46 heavy (non-hydrogen) atoms. The average molecular weight is 623 g/mol. The number of likely N-dealkylation sites (N-methyl/N-ethyl adjacent to an activating group) is 2. The Morgan fingerprint density at radius 1 is 0.609 bits per heavy atom. The van der Waals surface area contributed by atoms with Gasteiger partial charge in [0.1, 0.15) is 11.5 Å². The van der Waals surface area contributed by atoms with Crippen LogP contribution in [0.4, 0.5) is 0 Å². The minimum absolute atomic E-state index is 0.0944. The topological polar surface area (TPSA) is 83.9 Å². The Bertz CT molecular complexity index is 1770. The van der Waals surface area contributed by atoms with Crippen molar-refractivity contribution in [3.63, 3.8) is 0 Å². The van der Waals surface area contributed by atoms with Gasteiger partial charge < -0.3 is 29.2 Å². The third kappa shape index (κ3) is 5.72. The smallest absolute Gasteiger partial charge is 0.169 e. The van der Waals surface area contributed by atoms with Crippen LogP contribution < -0.4 is 18.9 Å².